The summed E-state index contributed by atoms with van der Waals surface area (Å²) in [4.78, 5) is 15.1. The third-order valence-electron chi connectivity index (χ3n) is 5.53. The number of nitrogens with one attached hydrogen (secondary N) is 1. The Bertz CT molecular complexity index is 1150. The molecule has 0 saturated carbocycles. The van der Waals surface area contributed by atoms with E-state index in [0.29, 0.717) is 15.7 Å². The third-order valence-corrected chi connectivity index (χ3v) is 6.26. The Hall–Kier alpha value is -2.49. The molecule has 1 heterocycles. The number of benzene rings is 3. The van der Waals surface area contributed by atoms with Gasteiger partial charge in [0.15, 0.2) is 0 Å². The summed E-state index contributed by atoms with van der Waals surface area (Å²) in [7, 11) is 0. The molecule has 0 spiro atoms. The van der Waals surface area contributed by atoms with E-state index >= 15 is 0 Å². The molecular formula is C24H22Cl2N2O. The Morgan fingerprint density at radius 2 is 1.83 bits per heavy atom. The molecule has 0 unspecified atom stereocenters. The molecule has 1 amide bonds. The number of hydrogen-bond acceptors (Lipinski definition) is 2. The topological polar surface area (TPSA) is 32.3 Å². The van der Waals surface area contributed by atoms with Gasteiger partial charge in [-0.1, -0.05) is 67.4 Å². The van der Waals surface area contributed by atoms with Crippen molar-refractivity contribution >= 4 is 51.3 Å². The van der Waals surface area contributed by atoms with Crippen LogP contribution in [0.3, 0.4) is 0 Å². The first-order valence-electron chi connectivity index (χ1n) is 9.61. The number of halogens is 2. The zero-order valence-corrected chi connectivity index (χ0v) is 18.1. The number of fused-ring (bicyclic) bond motifs is 3. The summed E-state index contributed by atoms with van der Waals surface area (Å²) in [6, 6.07) is 17.8. The summed E-state index contributed by atoms with van der Waals surface area (Å²) >= 11 is 12.0. The smallest absolute Gasteiger partial charge is 0.250 e. The molecule has 0 atom stereocenters. The van der Waals surface area contributed by atoms with Crippen molar-refractivity contribution in [2.45, 2.75) is 26.2 Å². The Morgan fingerprint density at radius 3 is 2.55 bits per heavy atom. The fraction of sp³-hybridized carbons (Fsp3) is 0.208. The Balaban J connectivity index is 1.75. The first-order valence-corrected chi connectivity index (χ1v) is 10.4. The first kappa shape index (κ1) is 19.8. The zero-order chi connectivity index (χ0) is 20.8. The second-order valence-electron chi connectivity index (χ2n) is 7.70. The van der Waals surface area contributed by atoms with Crippen LogP contribution in [0.25, 0.3) is 10.8 Å². The van der Waals surface area contributed by atoms with Crippen LogP contribution < -0.4 is 10.2 Å². The van der Waals surface area contributed by atoms with Crippen molar-refractivity contribution in [2.24, 2.45) is 0 Å². The minimum absolute atomic E-state index is 0.193. The van der Waals surface area contributed by atoms with Gasteiger partial charge >= 0.3 is 0 Å². The van der Waals surface area contributed by atoms with Crippen LogP contribution in [0.15, 0.2) is 66.4 Å². The average Bonchev–Trinajstić information content (AvgIpc) is 2.91. The molecule has 0 bridgehead atoms. The van der Waals surface area contributed by atoms with Crippen LogP contribution >= 0.6 is 23.2 Å². The van der Waals surface area contributed by atoms with Crippen LogP contribution in [0.2, 0.25) is 10.0 Å². The average molecular weight is 425 g/mol. The number of anilines is 2. The highest BCUT2D eigenvalue weighted by atomic mass is 35.5. The fourth-order valence-electron chi connectivity index (χ4n) is 4.21. The Labute approximate surface area is 180 Å². The van der Waals surface area contributed by atoms with Crippen molar-refractivity contribution in [1.82, 2.24) is 0 Å². The van der Waals surface area contributed by atoms with Crippen molar-refractivity contribution in [1.29, 1.82) is 0 Å². The van der Waals surface area contributed by atoms with Gasteiger partial charge in [0.25, 0.3) is 0 Å². The van der Waals surface area contributed by atoms with Crippen LogP contribution in [0.1, 0.15) is 26.3 Å². The Morgan fingerprint density at radius 1 is 1.07 bits per heavy atom. The van der Waals surface area contributed by atoms with Gasteiger partial charge in [0.1, 0.15) is 0 Å². The standard InChI is InChI=1S/C24H22Cl2N2O/c1-4-28-20-12-9-15-7-5-6-8-17(15)23(20)24(2,3)21(28)14-22(29)27-16-10-11-18(25)19(26)13-16/h5-14H,4H2,1-3H3,(H,27,29). The van der Waals surface area contributed by atoms with Gasteiger partial charge < -0.3 is 10.2 Å². The number of likely N-dealkylation sites (N-methyl/N-ethyl adjacent to an activating group) is 1. The normalized spacial score (nSPS) is 16.3. The fourth-order valence-corrected chi connectivity index (χ4v) is 4.51. The van der Waals surface area contributed by atoms with E-state index in [2.05, 4.69) is 67.4 Å². The lowest BCUT2D eigenvalue weighted by Gasteiger charge is -2.26. The summed E-state index contributed by atoms with van der Waals surface area (Å²) < 4.78 is 0. The quantitative estimate of drug-likeness (QED) is 0.469. The number of carbonyl (C=O) groups is 1. The summed E-state index contributed by atoms with van der Waals surface area (Å²) in [5, 5.41) is 6.19. The van der Waals surface area contributed by atoms with Gasteiger partial charge in [-0.15, -0.1) is 0 Å². The summed E-state index contributed by atoms with van der Waals surface area (Å²) in [6.07, 6.45) is 1.70. The molecule has 1 N–H and O–H groups in total. The molecule has 0 radical (unpaired) electrons. The lowest BCUT2D eigenvalue weighted by atomic mass is 9.81. The molecule has 5 heteroatoms. The van der Waals surface area contributed by atoms with E-state index in [9.17, 15) is 4.79 Å². The second-order valence-corrected chi connectivity index (χ2v) is 8.51. The molecule has 3 aromatic rings. The van der Waals surface area contributed by atoms with Crippen LogP contribution in [0.5, 0.6) is 0 Å². The van der Waals surface area contributed by atoms with Gasteiger partial charge in [-0.05, 0) is 47.5 Å². The molecule has 3 nitrogen and oxygen atoms in total. The van der Waals surface area contributed by atoms with E-state index in [1.54, 1.807) is 24.3 Å². The first-order chi connectivity index (χ1) is 13.8. The molecular weight excluding hydrogens is 403 g/mol. The van der Waals surface area contributed by atoms with Crippen LogP contribution in [-0.4, -0.2) is 12.5 Å². The largest absolute Gasteiger partial charge is 0.344 e. The van der Waals surface area contributed by atoms with Gasteiger partial charge in [-0.3, -0.25) is 4.79 Å². The van der Waals surface area contributed by atoms with Crippen molar-refractivity contribution in [3.63, 3.8) is 0 Å². The second kappa shape index (κ2) is 7.40. The van der Waals surface area contributed by atoms with Gasteiger partial charge in [0.05, 0.1) is 10.0 Å². The van der Waals surface area contributed by atoms with Gasteiger partial charge in [0.2, 0.25) is 5.91 Å². The monoisotopic (exact) mass is 424 g/mol. The van der Waals surface area contributed by atoms with E-state index < -0.39 is 0 Å². The molecule has 3 aromatic carbocycles. The maximum absolute atomic E-state index is 12.8. The van der Waals surface area contributed by atoms with Gasteiger partial charge in [0, 0.05) is 35.1 Å². The number of hydrogen-bond donors (Lipinski definition) is 1. The molecule has 4 rings (SSSR count). The number of carbonyl (C=O) groups excluding carboxylic acids is 1. The number of amides is 1. The zero-order valence-electron chi connectivity index (χ0n) is 16.6. The lowest BCUT2D eigenvalue weighted by molar-refractivity contribution is -0.112. The van der Waals surface area contributed by atoms with Crippen molar-refractivity contribution in [2.75, 3.05) is 16.8 Å². The highest BCUT2D eigenvalue weighted by Crippen LogP contribution is 2.50. The highest BCUT2D eigenvalue weighted by molar-refractivity contribution is 6.42. The predicted molar refractivity (Wildman–Crippen MR) is 123 cm³/mol. The minimum Gasteiger partial charge on any atom is -0.344 e. The molecule has 0 aromatic heterocycles. The SMILES string of the molecule is CCN1C(=CC(=O)Nc2ccc(Cl)c(Cl)c2)C(C)(C)c2c1ccc1ccccc21. The number of rotatable bonds is 3. The van der Waals surface area contributed by atoms with Crippen LogP contribution in [-0.2, 0) is 10.2 Å². The van der Waals surface area contributed by atoms with E-state index in [0.717, 1.165) is 17.9 Å². The highest BCUT2D eigenvalue weighted by Gasteiger charge is 2.41. The number of allylic oxidation sites excluding steroid dienone is 1. The van der Waals surface area contributed by atoms with Crippen LogP contribution in [0, 0.1) is 0 Å². The summed E-state index contributed by atoms with van der Waals surface area (Å²) in [5.41, 5.74) is 3.70. The maximum atomic E-state index is 12.8. The predicted octanol–water partition coefficient (Wildman–Crippen LogP) is 6.79. The molecule has 1 aliphatic heterocycles. The van der Waals surface area contributed by atoms with E-state index in [1.807, 2.05) is 0 Å². The molecule has 0 aliphatic carbocycles. The van der Waals surface area contributed by atoms with Crippen LogP contribution in [0.4, 0.5) is 11.4 Å². The minimum atomic E-state index is -0.304. The summed E-state index contributed by atoms with van der Waals surface area (Å²) in [6.45, 7) is 7.23. The summed E-state index contributed by atoms with van der Waals surface area (Å²) in [5.74, 6) is -0.193. The van der Waals surface area contributed by atoms with Crippen molar-refractivity contribution in [3.05, 3.63) is 82.0 Å². The van der Waals surface area contributed by atoms with Crippen molar-refractivity contribution in [3.8, 4) is 0 Å². The van der Waals surface area contributed by atoms with Crippen molar-refractivity contribution < 1.29 is 4.79 Å². The molecule has 1 aliphatic rings. The number of nitrogens with zero attached hydrogens (tertiary/aromatic N) is 1. The van der Waals surface area contributed by atoms with E-state index in [-0.39, 0.29) is 11.3 Å². The van der Waals surface area contributed by atoms with E-state index in [1.165, 1.54) is 16.3 Å². The molecule has 148 valence electrons. The van der Waals surface area contributed by atoms with Gasteiger partial charge in [-0.2, -0.15) is 0 Å². The molecule has 0 fully saturated rings. The molecule has 29 heavy (non-hydrogen) atoms. The molecule has 0 saturated heterocycles. The van der Waals surface area contributed by atoms with E-state index in [4.69, 9.17) is 23.2 Å². The van der Waals surface area contributed by atoms with Gasteiger partial charge in [-0.25, -0.2) is 0 Å². The maximum Gasteiger partial charge on any atom is 0.250 e. The Kier molecular flexibility index (Phi) is 5.05. The lowest BCUT2D eigenvalue weighted by Crippen LogP contribution is -2.28. The third kappa shape index (κ3) is 3.39.